The Balaban J connectivity index is 1.97. The van der Waals surface area contributed by atoms with Crippen molar-refractivity contribution in [2.45, 2.75) is 25.9 Å². The summed E-state index contributed by atoms with van der Waals surface area (Å²) in [5, 5.41) is 2.01. The highest BCUT2D eigenvalue weighted by molar-refractivity contribution is 9.10. The number of rotatable bonds is 3. The largest absolute Gasteiger partial charge is 0.378 e. The van der Waals surface area contributed by atoms with Crippen LogP contribution in [0, 0.1) is 5.92 Å². The average Bonchev–Trinajstić information content (AvgIpc) is 2.75. The van der Waals surface area contributed by atoms with E-state index in [1.54, 1.807) is 11.3 Å². The van der Waals surface area contributed by atoms with E-state index >= 15 is 0 Å². The molecule has 0 spiro atoms. The fourth-order valence-corrected chi connectivity index (χ4v) is 3.36. The SMILES string of the molecule is CC1OCCC1C(=O)Cc1cc(Br)cs1. The molecule has 2 nitrogen and oxygen atoms in total. The van der Waals surface area contributed by atoms with E-state index in [-0.39, 0.29) is 12.0 Å². The number of hydrogen-bond acceptors (Lipinski definition) is 3. The van der Waals surface area contributed by atoms with E-state index < -0.39 is 0 Å². The predicted molar refractivity (Wildman–Crippen MR) is 64.3 cm³/mol. The van der Waals surface area contributed by atoms with Gasteiger partial charge in [0.1, 0.15) is 5.78 Å². The summed E-state index contributed by atoms with van der Waals surface area (Å²) in [6, 6.07) is 2.02. The van der Waals surface area contributed by atoms with Crippen molar-refractivity contribution in [3.63, 3.8) is 0 Å². The van der Waals surface area contributed by atoms with Gasteiger partial charge in [-0.25, -0.2) is 0 Å². The summed E-state index contributed by atoms with van der Waals surface area (Å²) in [7, 11) is 0. The maximum Gasteiger partial charge on any atom is 0.143 e. The Morgan fingerprint density at radius 2 is 2.53 bits per heavy atom. The van der Waals surface area contributed by atoms with Crippen LogP contribution in [0.1, 0.15) is 18.2 Å². The topological polar surface area (TPSA) is 26.3 Å². The van der Waals surface area contributed by atoms with E-state index in [9.17, 15) is 4.79 Å². The number of ether oxygens (including phenoxy) is 1. The molecule has 15 heavy (non-hydrogen) atoms. The van der Waals surface area contributed by atoms with Crippen molar-refractivity contribution in [1.82, 2.24) is 0 Å². The van der Waals surface area contributed by atoms with Crippen LogP contribution in [-0.2, 0) is 16.0 Å². The second-order valence-electron chi connectivity index (χ2n) is 3.85. The third-order valence-electron chi connectivity index (χ3n) is 2.76. The molecule has 2 rings (SSSR count). The number of hydrogen-bond donors (Lipinski definition) is 0. The first-order valence-electron chi connectivity index (χ1n) is 5.04. The molecule has 0 amide bonds. The summed E-state index contributed by atoms with van der Waals surface area (Å²) in [4.78, 5) is 13.1. The zero-order valence-corrected chi connectivity index (χ0v) is 10.9. The molecule has 0 saturated carbocycles. The Labute approximate surface area is 102 Å². The second-order valence-corrected chi connectivity index (χ2v) is 5.76. The van der Waals surface area contributed by atoms with Gasteiger partial charge in [0.15, 0.2) is 0 Å². The van der Waals surface area contributed by atoms with Gasteiger partial charge in [0.25, 0.3) is 0 Å². The van der Waals surface area contributed by atoms with Crippen molar-refractivity contribution < 1.29 is 9.53 Å². The molecule has 1 aliphatic heterocycles. The van der Waals surface area contributed by atoms with Crippen LogP contribution in [0.15, 0.2) is 15.9 Å². The fourth-order valence-electron chi connectivity index (χ4n) is 1.90. The average molecular weight is 289 g/mol. The Morgan fingerprint density at radius 3 is 3.07 bits per heavy atom. The number of halogens is 1. The molecule has 2 atom stereocenters. The smallest absolute Gasteiger partial charge is 0.143 e. The lowest BCUT2D eigenvalue weighted by atomic mass is 9.95. The molecule has 2 unspecified atom stereocenters. The summed E-state index contributed by atoms with van der Waals surface area (Å²) in [6.07, 6.45) is 1.53. The van der Waals surface area contributed by atoms with Gasteiger partial charge >= 0.3 is 0 Å². The van der Waals surface area contributed by atoms with Gasteiger partial charge in [-0.1, -0.05) is 0 Å². The van der Waals surface area contributed by atoms with Gasteiger partial charge in [0.2, 0.25) is 0 Å². The van der Waals surface area contributed by atoms with Crippen molar-refractivity contribution in [3.05, 3.63) is 20.8 Å². The summed E-state index contributed by atoms with van der Waals surface area (Å²) >= 11 is 5.02. The fraction of sp³-hybridized carbons (Fsp3) is 0.545. The molecule has 1 saturated heterocycles. The number of carbonyl (C=O) groups excluding carboxylic acids is 1. The van der Waals surface area contributed by atoms with E-state index in [0.29, 0.717) is 12.2 Å². The zero-order chi connectivity index (χ0) is 10.8. The molecule has 1 aliphatic rings. The summed E-state index contributed by atoms with van der Waals surface area (Å²) in [6.45, 7) is 2.71. The van der Waals surface area contributed by atoms with Crippen LogP contribution >= 0.6 is 27.3 Å². The first-order chi connectivity index (χ1) is 7.16. The highest BCUT2D eigenvalue weighted by Crippen LogP contribution is 2.25. The quantitative estimate of drug-likeness (QED) is 0.855. The van der Waals surface area contributed by atoms with Gasteiger partial charge in [-0.3, -0.25) is 4.79 Å². The van der Waals surface area contributed by atoms with Crippen LogP contribution in [0.3, 0.4) is 0 Å². The zero-order valence-electron chi connectivity index (χ0n) is 8.53. The predicted octanol–water partition coefficient (Wildman–Crippen LogP) is 3.05. The lowest BCUT2D eigenvalue weighted by molar-refractivity contribution is -0.123. The third-order valence-corrected chi connectivity index (χ3v) is 4.46. The summed E-state index contributed by atoms with van der Waals surface area (Å²) in [5.41, 5.74) is 0. The first kappa shape index (κ1) is 11.3. The molecule has 1 aromatic rings. The number of carbonyl (C=O) groups is 1. The molecule has 0 aliphatic carbocycles. The number of ketones is 1. The van der Waals surface area contributed by atoms with Crippen molar-refractivity contribution in [2.75, 3.05) is 6.61 Å². The molecular formula is C11H13BrO2S. The van der Waals surface area contributed by atoms with Crippen LogP contribution in [0.2, 0.25) is 0 Å². The van der Waals surface area contributed by atoms with E-state index in [4.69, 9.17) is 4.74 Å². The van der Waals surface area contributed by atoms with Crippen LogP contribution in [0.5, 0.6) is 0 Å². The van der Waals surface area contributed by atoms with Crippen LogP contribution in [0.4, 0.5) is 0 Å². The lowest BCUT2D eigenvalue weighted by Crippen LogP contribution is -2.22. The van der Waals surface area contributed by atoms with E-state index in [1.807, 2.05) is 18.4 Å². The number of thiophene rings is 1. The summed E-state index contributed by atoms with van der Waals surface area (Å²) in [5.74, 6) is 0.417. The maximum absolute atomic E-state index is 11.9. The minimum Gasteiger partial charge on any atom is -0.378 e. The Hall–Kier alpha value is -0.190. The molecule has 4 heteroatoms. The minimum atomic E-state index is 0.0981. The van der Waals surface area contributed by atoms with Gasteiger partial charge < -0.3 is 4.74 Å². The van der Waals surface area contributed by atoms with E-state index in [1.165, 1.54) is 0 Å². The van der Waals surface area contributed by atoms with Gasteiger partial charge in [-0.2, -0.15) is 0 Å². The van der Waals surface area contributed by atoms with Crippen molar-refractivity contribution in [3.8, 4) is 0 Å². The minimum absolute atomic E-state index is 0.0981. The van der Waals surface area contributed by atoms with E-state index in [0.717, 1.165) is 22.4 Å². The Kier molecular flexibility index (Phi) is 3.59. The first-order valence-corrected chi connectivity index (χ1v) is 6.71. The van der Waals surface area contributed by atoms with Crippen LogP contribution < -0.4 is 0 Å². The Bertz CT molecular complexity index is 361. The molecule has 0 aromatic carbocycles. The summed E-state index contributed by atoms with van der Waals surface area (Å²) < 4.78 is 6.46. The highest BCUT2D eigenvalue weighted by atomic mass is 79.9. The van der Waals surface area contributed by atoms with Gasteiger partial charge in [-0.05, 0) is 35.3 Å². The van der Waals surface area contributed by atoms with Gasteiger partial charge in [0.05, 0.1) is 6.10 Å². The Morgan fingerprint density at radius 1 is 1.73 bits per heavy atom. The highest BCUT2D eigenvalue weighted by Gasteiger charge is 2.30. The maximum atomic E-state index is 11.9. The molecular weight excluding hydrogens is 276 g/mol. The molecule has 0 N–H and O–H groups in total. The van der Waals surface area contributed by atoms with Crippen LogP contribution in [0.25, 0.3) is 0 Å². The molecule has 0 radical (unpaired) electrons. The van der Waals surface area contributed by atoms with Crippen LogP contribution in [-0.4, -0.2) is 18.5 Å². The standard InChI is InChI=1S/C11H13BrO2S/c1-7-10(2-3-14-7)11(13)5-9-4-8(12)6-15-9/h4,6-7,10H,2-3,5H2,1H3. The molecule has 1 fully saturated rings. The van der Waals surface area contributed by atoms with Crippen molar-refractivity contribution in [2.24, 2.45) is 5.92 Å². The van der Waals surface area contributed by atoms with Gasteiger partial charge in [-0.15, -0.1) is 11.3 Å². The third kappa shape index (κ3) is 2.68. The second kappa shape index (κ2) is 4.76. The van der Waals surface area contributed by atoms with E-state index in [2.05, 4.69) is 15.9 Å². The van der Waals surface area contributed by atoms with Crippen molar-refractivity contribution in [1.29, 1.82) is 0 Å². The number of Topliss-reactive ketones (excluding diaryl/α,β-unsaturated/α-hetero) is 1. The molecule has 0 bridgehead atoms. The lowest BCUT2D eigenvalue weighted by Gasteiger charge is -2.11. The monoisotopic (exact) mass is 288 g/mol. The molecule has 2 heterocycles. The van der Waals surface area contributed by atoms with Gasteiger partial charge in [0, 0.05) is 33.7 Å². The molecule has 1 aromatic heterocycles. The normalized spacial score (nSPS) is 25.7. The molecule has 82 valence electrons. The van der Waals surface area contributed by atoms with Crippen molar-refractivity contribution >= 4 is 33.0 Å².